The van der Waals surface area contributed by atoms with E-state index < -0.39 is 17.0 Å². The van der Waals surface area contributed by atoms with Crippen LogP contribution in [0.3, 0.4) is 0 Å². The van der Waals surface area contributed by atoms with Crippen molar-refractivity contribution in [3.63, 3.8) is 0 Å². The minimum Gasteiger partial charge on any atom is -0.423 e. The zero-order valence-corrected chi connectivity index (χ0v) is 17.2. The van der Waals surface area contributed by atoms with Gasteiger partial charge in [-0.1, -0.05) is 25.1 Å². The van der Waals surface area contributed by atoms with Gasteiger partial charge in [-0.05, 0) is 54.6 Å². The molecule has 0 fully saturated rings. The summed E-state index contributed by atoms with van der Waals surface area (Å²) in [5, 5.41) is 30.3. The number of amides is 1. The van der Waals surface area contributed by atoms with E-state index in [1.165, 1.54) is 25.1 Å². The first-order valence-corrected chi connectivity index (χ1v) is 10.9. The number of aryl methyl sites for hydroxylation is 2. The number of hydrogen-bond donors (Lipinski definition) is 3. The van der Waals surface area contributed by atoms with Gasteiger partial charge in [0.05, 0.1) is 16.2 Å². The highest BCUT2D eigenvalue weighted by Gasteiger charge is 2.17. The van der Waals surface area contributed by atoms with Gasteiger partial charge in [0.25, 0.3) is 0 Å². The predicted molar refractivity (Wildman–Crippen MR) is 111 cm³/mol. The van der Waals surface area contributed by atoms with Crippen molar-refractivity contribution in [1.82, 2.24) is 0 Å². The van der Waals surface area contributed by atoms with Crippen molar-refractivity contribution < 1.29 is 23.3 Å². The molecular formula is C20H23BN2O5S. The smallest absolute Gasteiger partial charge is 0.423 e. The molecule has 2 aromatic carbocycles. The van der Waals surface area contributed by atoms with Crippen LogP contribution in [0, 0.1) is 18.3 Å². The van der Waals surface area contributed by atoms with E-state index >= 15 is 0 Å². The molecule has 0 saturated carbocycles. The number of anilines is 1. The first-order valence-electron chi connectivity index (χ1n) is 9.20. The van der Waals surface area contributed by atoms with Crippen LogP contribution in [0.5, 0.6) is 0 Å². The Morgan fingerprint density at radius 1 is 1.21 bits per heavy atom. The van der Waals surface area contributed by atoms with Crippen molar-refractivity contribution in [2.75, 3.05) is 11.1 Å². The summed E-state index contributed by atoms with van der Waals surface area (Å²) in [7, 11) is -5.02. The van der Waals surface area contributed by atoms with Crippen LogP contribution in [0.2, 0.25) is 0 Å². The highest BCUT2D eigenvalue weighted by Crippen LogP contribution is 2.21. The van der Waals surface area contributed by atoms with Gasteiger partial charge < -0.3 is 15.4 Å². The average molecular weight is 414 g/mol. The predicted octanol–water partition coefficient (Wildman–Crippen LogP) is 1.30. The maximum Gasteiger partial charge on any atom is 0.488 e. The quantitative estimate of drug-likeness (QED) is 0.559. The number of hydrogen-bond acceptors (Lipinski definition) is 6. The number of nitriles is 1. The lowest BCUT2D eigenvalue weighted by molar-refractivity contribution is -0.116. The number of benzene rings is 2. The Bertz CT molecular complexity index is 1050. The van der Waals surface area contributed by atoms with Crippen LogP contribution >= 0.6 is 0 Å². The molecule has 0 bridgehead atoms. The summed E-state index contributed by atoms with van der Waals surface area (Å²) in [4.78, 5) is 12.2. The topological polar surface area (TPSA) is 127 Å². The van der Waals surface area contributed by atoms with Crippen molar-refractivity contribution in [2.24, 2.45) is 0 Å². The molecule has 9 heteroatoms. The SMILES string of the molecule is CCS(=O)(=O)c1ccc(NC(=O)CCCc2ccc(B(O)O)cc2C)cc1C#N. The van der Waals surface area contributed by atoms with Gasteiger partial charge >= 0.3 is 7.12 Å². The van der Waals surface area contributed by atoms with E-state index in [0.717, 1.165) is 11.1 Å². The van der Waals surface area contributed by atoms with E-state index in [-0.39, 0.29) is 28.5 Å². The summed E-state index contributed by atoms with van der Waals surface area (Å²) in [5.41, 5.74) is 2.74. The fourth-order valence-corrected chi connectivity index (χ4v) is 3.97. The van der Waals surface area contributed by atoms with Crippen LogP contribution < -0.4 is 10.8 Å². The third-order valence-electron chi connectivity index (χ3n) is 4.61. The van der Waals surface area contributed by atoms with Crippen LogP contribution in [-0.2, 0) is 21.1 Å². The van der Waals surface area contributed by atoms with Crippen molar-refractivity contribution in [2.45, 2.75) is 38.0 Å². The normalized spacial score (nSPS) is 11.0. The molecule has 0 radical (unpaired) electrons. The molecule has 0 heterocycles. The maximum atomic E-state index is 12.2. The molecule has 29 heavy (non-hydrogen) atoms. The lowest BCUT2D eigenvalue weighted by Gasteiger charge is -2.10. The van der Waals surface area contributed by atoms with Crippen LogP contribution in [0.15, 0.2) is 41.3 Å². The summed E-state index contributed by atoms with van der Waals surface area (Å²) in [6.07, 6.45) is 1.49. The first kappa shape index (κ1) is 22.6. The molecule has 0 saturated heterocycles. The molecule has 0 aliphatic carbocycles. The molecule has 0 unspecified atom stereocenters. The van der Waals surface area contributed by atoms with E-state index in [9.17, 15) is 28.5 Å². The third kappa shape index (κ3) is 5.90. The molecule has 0 aromatic heterocycles. The largest absolute Gasteiger partial charge is 0.488 e. The Morgan fingerprint density at radius 2 is 1.93 bits per heavy atom. The summed E-state index contributed by atoms with van der Waals surface area (Å²) < 4.78 is 24.0. The second-order valence-electron chi connectivity index (χ2n) is 6.69. The van der Waals surface area contributed by atoms with E-state index in [4.69, 9.17) is 0 Å². The molecule has 0 spiro atoms. The van der Waals surface area contributed by atoms with Gasteiger partial charge in [0.2, 0.25) is 5.91 Å². The third-order valence-corrected chi connectivity index (χ3v) is 6.40. The summed E-state index contributed by atoms with van der Waals surface area (Å²) in [6.45, 7) is 3.38. The zero-order chi connectivity index (χ0) is 21.6. The van der Waals surface area contributed by atoms with Crippen LogP contribution in [-0.4, -0.2) is 37.2 Å². The Kier molecular flexibility index (Phi) is 7.56. The number of nitrogens with zero attached hydrogens (tertiary/aromatic N) is 1. The van der Waals surface area contributed by atoms with Gasteiger partial charge in [0, 0.05) is 12.1 Å². The molecule has 2 rings (SSSR count). The van der Waals surface area contributed by atoms with Gasteiger partial charge in [0.1, 0.15) is 6.07 Å². The second-order valence-corrected chi connectivity index (χ2v) is 8.93. The van der Waals surface area contributed by atoms with Crippen molar-refractivity contribution in [1.29, 1.82) is 5.26 Å². The molecule has 0 aliphatic heterocycles. The van der Waals surface area contributed by atoms with Gasteiger partial charge in [-0.15, -0.1) is 0 Å². The lowest BCUT2D eigenvalue weighted by Crippen LogP contribution is -2.30. The van der Waals surface area contributed by atoms with E-state index in [2.05, 4.69) is 5.32 Å². The molecular weight excluding hydrogens is 391 g/mol. The van der Waals surface area contributed by atoms with Gasteiger partial charge in [-0.25, -0.2) is 8.42 Å². The fourth-order valence-electron chi connectivity index (χ4n) is 2.94. The molecule has 152 valence electrons. The Balaban J connectivity index is 1.97. The number of nitrogens with one attached hydrogen (secondary N) is 1. The molecule has 2 aromatic rings. The monoisotopic (exact) mass is 414 g/mol. The summed E-state index contributed by atoms with van der Waals surface area (Å²) in [5.74, 6) is -0.342. The van der Waals surface area contributed by atoms with Gasteiger partial charge in [0.15, 0.2) is 9.84 Å². The van der Waals surface area contributed by atoms with Gasteiger partial charge in [-0.2, -0.15) is 5.26 Å². The van der Waals surface area contributed by atoms with E-state index in [1.54, 1.807) is 12.1 Å². The number of carbonyl (C=O) groups is 1. The highest BCUT2D eigenvalue weighted by atomic mass is 32.2. The molecule has 3 N–H and O–H groups in total. The van der Waals surface area contributed by atoms with Crippen LogP contribution in [0.4, 0.5) is 5.69 Å². The number of rotatable bonds is 8. The summed E-state index contributed by atoms with van der Waals surface area (Å²) in [6, 6.07) is 11.2. The van der Waals surface area contributed by atoms with E-state index in [1.807, 2.05) is 19.1 Å². The van der Waals surface area contributed by atoms with Crippen molar-refractivity contribution in [3.05, 3.63) is 53.1 Å². The molecule has 1 amide bonds. The Morgan fingerprint density at radius 3 is 2.52 bits per heavy atom. The number of sulfone groups is 1. The fraction of sp³-hybridized carbons (Fsp3) is 0.300. The second kappa shape index (κ2) is 9.70. The molecule has 7 nitrogen and oxygen atoms in total. The first-order chi connectivity index (χ1) is 13.7. The zero-order valence-electron chi connectivity index (χ0n) is 16.3. The molecule has 0 aliphatic rings. The van der Waals surface area contributed by atoms with Crippen molar-refractivity contribution in [3.8, 4) is 6.07 Å². The molecule has 0 atom stereocenters. The van der Waals surface area contributed by atoms with Crippen molar-refractivity contribution >= 4 is 34.0 Å². The van der Waals surface area contributed by atoms with Crippen LogP contribution in [0.1, 0.15) is 36.5 Å². The summed E-state index contributed by atoms with van der Waals surface area (Å²) >= 11 is 0. The minimum atomic E-state index is -3.51. The maximum absolute atomic E-state index is 12.2. The van der Waals surface area contributed by atoms with Crippen LogP contribution in [0.25, 0.3) is 0 Å². The Hall–Kier alpha value is -2.67. The number of carbonyl (C=O) groups excluding carboxylic acids is 1. The van der Waals surface area contributed by atoms with E-state index in [0.29, 0.717) is 24.0 Å². The minimum absolute atomic E-state index is 0.00596. The van der Waals surface area contributed by atoms with Gasteiger partial charge in [-0.3, -0.25) is 4.79 Å². The Labute approximate surface area is 171 Å². The standard InChI is InChI=1S/C20H23BN2O5S/c1-3-29(27,28)19-10-9-18(12-16(19)13-22)23-20(24)6-4-5-15-7-8-17(21(25)26)11-14(15)2/h7-12,25-26H,3-6H2,1-2H3,(H,23,24). The average Bonchev–Trinajstić information content (AvgIpc) is 2.68. The highest BCUT2D eigenvalue weighted by molar-refractivity contribution is 7.91. The lowest BCUT2D eigenvalue weighted by atomic mass is 9.78.